The summed E-state index contributed by atoms with van der Waals surface area (Å²) in [6.07, 6.45) is 0. The Balaban J connectivity index is 2.48. The summed E-state index contributed by atoms with van der Waals surface area (Å²) in [5.41, 5.74) is 0. The van der Waals surface area contributed by atoms with Crippen molar-refractivity contribution in [3.05, 3.63) is 22.4 Å². The van der Waals surface area contributed by atoms with Crippen molar-refractivity contribution in [1.29, 1.82) is 0 Å². The molecule has 0 aliphatic carbocycles. The minimum atomic E-state index is -0.277. The minimum Gasteiger partial charge on any atom is -0.352 e. The first-order valence-electron chi connectivity index (χ1n) is 6.63. The van der Waals surface area contributed by atoms with Crippen LogP contribution < -0.4 is 5.32 Å². The lowest BCUT2D eigenvalue weighted by Gasteiger charge is -2.21. The van der Waals surface area contributed by atoms with E-state index in [2.05, 4.69) is 5.32 Å². The second kappa shape index (κ2) is 7.78. The number of nitrogens with zero attached hydrogens (tertiary/aromatic N) is 2. The number of hydrogen-bond donors (Lipinski definition) is 1. The molecule has 3 amide bonds. The summed E-state index contributed by atoms with van der Waals surface area (Å²) < 4.78 is 0. The Bertz CT molecular complexity index is 500. The van der Waals surface area contributed by atoms with E-state index < -0.39 is 0 Å². The van der Waals surface area contributed by atoms with Gasteiger partial charge in [-0.3, -0.25) is 14.4 Å². The molecule has 0 bridgehead atoms. The summed E-state index contributed by atoms with van der Waals surface area (Å²) in [6.45, 7) is 3.64. The monoisotopic (exact) mass is 311 g/mol. The fourth-order valence-electron chi connectivity index (χ4n) is 1.65. The van der Waals surface area contributed by atoms with Crippen molar-refractivity contribution in [1.82, 2.24) is 15.1 Å². The summed E-state index contributed by atoms with van der Waals surface area (Å²) in [5, 5.41) is 4.53. The van der Waals surface area contributed by atoms with Crippen LogP contribution in [0.2, 0.25) is 0 Å². The van der Waals surface area contributed by atoms with Crippen LogP contribution >= 0.6 is 11.3 Å². The molecule has 1 rings (SSSR count). The van der Waals surface area contributed by atoms with Crippen LogP contribution in [0.3, 0.4) is 0 Å². The van der Waals surface area contributed by atoms with E-state index in [0.717, 1.165) is 0 Å². The predicted molar refractivity (Wildman–Crippen MR) is 82.2 cm³/mol. The fraction of sp³-hybridized carbons (Fsp3) is 0.500. The first-order chi connectivity index (χ1) is 9.81. The molecule has 21 heavy (non-hydrogen) atoms. The summed E-state index contributed by atoms with van der Waals surface area (Å²) in [4.78, 5) is 38.9. The molecule has 0 spiro atoms. The lowest BCUT2D eigenvalue weighted by Crippen LogP contribution is -2.44. The van der Waals surface area contributed by atoms with E-state index in [1.165, 1.54) is 21.1 Å². The Morgan fingerprint density at radius 3 is 2.38 bits per heavy atom. The molecule has 0 aromatic carbocycles. The summed E-state index contributed by atoms with van der Waals surface area (Å²) in [7, 11) is 3.12. The number of hydrogen-bond acceptors (Lipinski definition) is 4. The molecule has 1 aromatic heterocycles. The molecule has 116 valence electrons. The zero-order valence-corrected chi connectivity index (χ0v) is 13.6. The second-order valence-electron chi connectivity index (χ2n) is 5.11. The average Bonchev–Trinajstić information content (AvgIpc) is 2.90. The van der Waals surface area contributed by atoms with E-state index in [-0.39, 0.29) is 36.9 Å². The van der Waals surface area contributed by atoms with E-state index in [1.807, 2.05) is 19.2 Å². The molecule has 1 N–H and O–H groups in total. The van der Waals surface area contributed by atoms with Crippen molar-refractivity contribution < 1.29 is 14.4 Å². The molecule has 0 saturated heterocycles. The SMILES string of the molecule is CC(C)NC(=O)CN(C)C(=O)CN(C)C(=O)c1cccs1. The van der Waals surface area contributed by atoms with Crippen LogP contribution in [0.25, 0.3) is 0 Å². The molecule has 0 unspecified atom stereocenters. The van der Waals surface area contributed by atoms with Gasteiger partial charge in [-0.1, -0.05) is 6.07 Å². The third-order valence-electron chi connectivity index (χ3n) is 2.71. The van der Waals surface area contributed by atoms with E-state index in [0.29, 0.717) is 4.88 Å². The van der Waals surface area contributed by atoms with Gasteiger partial charge in [0.25, 0.3) is 5.91 Å². The average molecular weight is 311 g/mol. The molecule has 0 radical (unpaired) electrons. The molecular formula is C14H21N3O3S. The lowest BCUT2D eigenvalue weighted by atomic mass is 10.3. The van der Waals surface area contributed by atoms with Gasteiger partial charge in [-0.25, -0.2) is 0 Å². The van der Waals surface area contributed by atoms with Gasteiger partial charge in [-0.15, -0.1) is 11.3 Å². The van der Waals surface area contributed by atoms with E-state index in [9.17, 15) is 14.4 Å². The van der Waals surface area contributed by atoms with Crippen molar-refractivity contribution in [2.45, 2.75) is 19.9 Å². The summed E-state index contributed by atoms with van der Waals surface area (Å²) >= 11 is 1.33. The van der Waals surface area contributed by atoms with Crippen molar-refractivity contribution in [2.75, 3.05) is 27.2 Å². The minimum absolute atomic E-state index is 0.0158. The van der Waals surface area contributed by atoms with Gasteiger partial charge < -0.3 is 15.1 Å². The maximum Gasteiger partial charge on any atom is 0.264 e. The summed E-state index contributed by atoms with van der Waals surface area (Å²) in [6, 6.07) is 3.54. The summed E-state index contributed by atoms with van der Waals surface area (Å²) in [5.74, 6) is -0.687. The van der Waals surface area contributed by atoms with Crippen LogP contribution in [-0.2, 0) is 9.59 Å². The van der Waals surface area contributed by atoms with E-state index in [1.54, 1.807) is 26.2 Å². The molecule has 7 heteroatoms. The highest BCUT2D eigenvalue weighted by Crippen LogP contribution is 2.10. The number of rotatable bonds is 6. The number of carbonyl (C=O) groups excluding carboxylic acids is 3. The second-order valence-corrected chi connectivity index (χ2v) is 6.06. The van der Waals surface area contributed by atoms with Gasteiger partial charge in [0.2, 0.25) is 11.8 Å². The van der Waals surface area contributed by atoms with Crippen LogP contribution in [-0.4, -0.2) is 60.7 Å². The molecule has 0 aliphatic rings. The largest absolute Gasteiger partial charge is 0.352 e. The van der Waals surface area contributed by atoms with E-state index in [4.69, 9.17) is 0 Å². The smallest absolute Gasteiger partial charge is 0.264 e. The molecule has 1 heterocycles. The number of amides is 3. The predicted octanol–water partition coefficient (Wildman–Crippen LogP) is 0.803. The molecule has 0 saturated carbocycles. The Kier molecular flexibility index (Phi) is 6.36. The highest BCUT2D eigenvalue weighted by molar-refractivity contribution is 7.12. The lowest BCUT2D eigenvalue weighted by molar-refractivity contribution is -0.135. The molecule has 0 aliphatic heterocycles. The van der Waals surface area contributed by atoms with Crippen LogP contribution in [0.5, 0.6) is 0 Å². The van der Waals surface area contributed by atoms with Crippen molar-refractivity contribution in [2.24, 2.45) is 0 Å². The Morgan fingerprint density at radius 1 is 1.19 bits per heavy atom. The fourth-order valence-corrected chi connectivity index (χ4v) is 2.37. The number of carbonyl (C=O) groups is 3. The number of thiophene rings is 1. The van der Waals surface area contributed by atoms with Crippen molar-refractivity contribution in [3.8, 4) is 0 Å². The molecule has 0 fully saturated rings. The highest BCUT2D eigenvalue weighted by Gasteiger charge is 2.19. The third-order valence-corrected chi connectivity index (χ3v) is 3.57. The maximum atomic E-state index is 12.0. The Morgan fingerprint density at radius 2 is 1.86 bits per heavy atom. The van der Waals surface area contributed by atoms with Gasteiger partial charge in [0.05, 0.1) is 18.0 Å². The highest BCUT2D eigenvalue weighted by atomic mass is 32.1. The van der Waals surface area contributed by atoms with Crippen LogP contribution in [0.4, 0.5) is 0 Å². The molecule has 6 nitrogen and oxygen atoms in total. The van der Waals surface area contributed by atoms with Gasteiger partial charge in [-0.05, 0) is 25.3 Å². The van der Waals surface area contributed by atoms with Gasteiger partial charge in [0, 0.05) is 20.1 Å². The zero-order valence-electron chi connectivity index (χ0n) is 12.8. The van der Waals surface area contributed by atoms with Crippen molar-refractivity contribution in [3.63, 3.8) is 0 Å². The Hall–Kier alpha value is -1.89. The van der Waals surface area contributed by atoms with Gasteiger partial charge in [0.15, 0.2) is 0 Å². The number of nitrogens with one attached hydrogen (secondary N) is 1. The van der Waals surface area contributed by atoms with E-state index >= 15 is 0 Å². The van der Waals surface area contributed by atoms with Gasteiger partial charge in [-0.2, -0.15) is 0 Å². The van der Waals surface area contributed by atoms with Gasteiger partial charge in [0.1, 0.15) is 0 Å². The van der Waals surface area contributed by atoms with Gasteiger partial charge >= 0.3 is 0 Å². The zero-order chi connectivity index (χ0) is 16.0. The first-order valence-corrected chi connectivity index (χ1v) is 7.51. The Labute approximate surface area is 128 Å². The molecule has 1 aromatic rings. The van der Waals surface area contributed by atoms with Crippen molar-refractivity contribution >= 4 is 29.1 Å². The third kappa shape index (κ3) is 5.55. The van der Waals surface area contributed by atoms with Crippen LogP contribution in [0, 0.1) is 0 Å². The van der Waals surface area contributed by atoms with Crippen LogP contribution in [0.15, 0.2) is 17.5 Å². The number of likely N-dealkylation sites (N-methyl/N-ethyl adjacent to an activating group) is 2. The first kappa shape index (κ1) is 17.2. The normalized spacial score (nSPS) is 10.3. The van der Waals surface area contributed by atoms with Crippen LogP contribution in [0.1, 0.15) is 23.5 Å². The topological polar surface area (TPSA) is 69.7 Å². The molecular weight excluding hydrogens is 290 g/mol. The quantitative estimate of drug-likeness (QED) is 0.845. The molecule has 0 atom stereocenters. The maximum absolute atomic E-state index is 12.0. The standard InChI is InChI=1S/C14H21N3O3S/c1-10(2)15-12(18)8-16(3)13(19)9-17(4)14(20)11-6-5-7-21-11/h5-7,10H,8-9H2,1-4H3,(H,15,18).